The fraction of sp³-hybridized carbons (Fsp3) is 0. The van der Waals surface area contributed by atoms with Crippen molar-refractivity contribution in [3.63, 3.8) is 0 Å². The number of thiophene rings is 3. The Morgan fingerprint density at radius 3 is 1.17 bits per heavy atom. The molecule has 58 heavy (non-hydrogen) atoms. The first-order chi connectivity index (χ1) is 28.7. The van der Waals surface area contributed by atoms with Gasteiger partial charge >= 0.3 is 0 Å². The largest absolute Gasteiger partial charge is 0.311 e. The Bertz CT molecular complexity index is 3130. The lowest BCUT2D eigenvalue weighted by Crippen LogP contribution is -2.09. The van der Waals surface area contributed by atoms with E-state index in [4.69, 9.17) is 4.98 Å². The molecule has 0 unspecified atom stereocenters. The Morgan fingerprint density at radius 1 is 0.293 bits per heavy atom. The van der Waals surface area contributed by atoms with Gasteiger partial charge in [0.2, 0.25) is 0 Å². The predicted octanol–water partition coefficient (Wildman–Crippen LogP) is 16.7. The zero-order valence-electron chi connectivity index (χ0n) is 31.1. The summed E-state index contributed by atoms with van der Waals surface area (Å²) in [6.45, 7) is 0. The van der Waals surface area contributed by atoms with Gasteiger partial charge in [0.15, 0.2) is 0 Å². The molecule has 4 aromatic heterocycles. The molecule has 272 valence electrons. The van der Waals surface area contributed by atoms with Gasteiger partial charge in [0, 0.05) is 78.4 Å². The summed E-state index contributed by atoms with van der Waals surface area (Å²) in [6.07, 6.45) is 0. The number of nitrogens with zero attached hydrogens (tertiary/aromatic N) is 2. The van der Waals surface area contributed by atoms with Gasteiger partial charge in [-0.15, -0.1) is 34.0 Å². The number of hydrogen-bond donors (Lipinski definition) is 0. The minimum absolute atomic E-state index is 0.983. The molecule has 0 saturated carbocycles. The number of anilines is 3. The molecular weight excluding hydrogens is 761 g/mol. The summed E-state index contributed by atoms with van der Waals surface area (Å²) in [7, 11) is 0. The molecule has 5 heteroatoms. The first-order valence-corrected chi connectivity index (χ1v) is 21.9. The van der Waals surface area contributed by atoms with Crippen molar-refractivity contribution in [3.8, 4) is 33.5 Å². The molecule has 12 aromatic rings. The molecule has 2 nitrogen and oxygen atoms in total. The zero-order valence-corrected chi connectivity index (χ0v) is 33.5. The molecule has 0 amide bonds. The van der Waals surface area contributed by atoms with Crippen LogP contribution in [0.3, 0.4) is 0 Å². The lowest BCUT2D eigenvalue weighted by molar-refractivity contribution is 1.28. The van der Waals surface area contributed by atoms with Gasteiger partial charge in [-0.3, -0.25) is 0 Å². The Morgan fingerprint density at radius 2 is 0.672 bits per heavy atom. The summed E-state index contributed by atoms with van der Waals surface area (Å²) in [6, 6.07) is 70.9. The fourth-order valence-electron chi connectivity index (χ4n) is 8.41. The topological polar surface area (TPSA) is 16.1 Å². The number of hydrogen-bond acceptors (Lipinski definition) is 5. The second-order valence-corrected chi connectivity index (χ2v) is 17.9. The fourth-order valence-corrected chi connectivity index (χ4v) is 11.8. The smallest absolute Gasteiger partial charge is 0.125 e. The quantitative estimate of drug-likeness (QED) is 0.167. The van der Waals surface area contributed by atoms with E-state index >= 15 is 0 Å². The van der Waals surface area contributed by atoms with Gasteiger partial charge in [-0.25, -0.2) is 4.98 Å². The van der Waals surface area contributed by atoms with E-state index in [-0.39, 0.29) is 0 Å². The molecule has 0 aliphatic rings. The van der Waals surface area contributed by atoms with Crippen LogP contribution in [0.15, 0.2) is 194 Å². The van der Waals surface area contributed by atoms with Crippen molar-refractivity contribution in [1.29, 1.82) is 0 Å². The van der Waals surface area contributed by atoms with Gasteiger partial charge in [-0.1, -0.05) is 115 Å². The molecule has 12 rings (SSSR count). The van der Waals surface area contributed by atoms with Crippen LogP contribution < -0.4 is 4.90 Å². The third-order valence-electron chi connectivity index (χ3n) is 11.3. The maximum absolute atomic E-state index is 5.12. The number of fused-ring (bicyclic) bond motifs is 9. The third-order valence-corrected chi connectivity index (χ3v) is 14.7. The van der Waals surface area contributed by atoms with E-state index in [0.717, 1.165) is 33.1 Å². The average molecular weight is 793 g/mol. The van der Waals surface area contributed by atoms with Crippen molar-refractivity contribution < 1.29 is 0 Å². The van der Waals surface area contributed by atoms with Crippen LogP contribution in [0.1, 0.15) is 0 Å². The van der Waals surface area contributed by atoms with E-state index in [9.17, 15) is 0 Å². The van der Waals surface area contributed by atoms with E-state index in [2.05, 4.69) is 199 Å². The standard InChI is InChI=1S/C53H32N2S3/c1-4-10-48-41(7-1)44-27-19-36(31-51(44)56-48)33-13-21-38(22-14-33)55(39-23-15-34(16-24-39)37-20-28-45-42-8-2-5-11-49(42)57-52(45)32-37)40-25-17-35(18-26-40)47-30-29-46-43-9-3-6-12-50(43)58-53(46)54-47/h1-32H. The van der Waals surface area contributed by atoms with Crippen LogP contribution in [-0.4, -0.2) is 4.98 Å². The highest BCUT2D eigenvalue weighted by Crippen LogP contribution is 2.41. The van der Waals surface area contributed by atoms with Crippen LogP contribution >= 0.6 is 34.0 Å². The molecule has 0 saturated heterocycles. The van der Waals surface area contributed by atoms with Crippen molar-refractivity contribution in [3.05, 3.63) is 194 Å². The van der Waals surface area contributed by atoms with Crippen LogP contribution in [0.2, 0.25) is 0 Å². The minimum atomic E-state index is 0.983. The summed E-state index contributed by atoms with van der Waals surface area (Å²) in [4.78, 5) is 8.54. The second kappa shape index (κ2) is 13.5. The molecule has 0 bridgehead atoms. The van der Waals surface area contributed by atoms with Gasteiger partial charge in [0.1, 0.15) is 4.83 Å². The highest BCUT2D eigenvalue weighted by atomic mass is 32.1. The Labute approximate surface area is 347 Å². The zero-order chi connectivity index (χ0) is 38.2. The second-order valence-electron chi connectivity index (χ2n) is 14.7. The molecule has 4 heterocycles. The first kappa shape index (κ1) is 33.5. The van der Waals surface area contributed by atoms with Crippen LogP contribution in [0.25, 0.3) is 94.2 Å². The molecule has 0 aliphatic carbocycles. The molecule has 8 aromatic carbocycles. The lowest BCUT2D eigenvalue weighted by atomic mass is 10.0. The van der Waals surface area contributed by atoms with Crippen LogP contribution in [-0.2, 0) is 0 Å². The van der Waals surface area contributed by atoms with E-state index < -0.39 is 0 Å². The molecule has 0 atom stereocenters. The van der Waals surface area contributed by atoms with Crippen LogP contribution in [0.5, 0.6) is 0 Å². The third kappa shape index (κ3) is 5.62. The summed E-state index contributed by atoms with van der Waals surface area (Å²) < 4.78 is 6.56. The average Bonchev–Trinajstić information content (AvgIpc) is 3.97. The van der Waals surface area contributed by atoms with Gasteiger partial charge in [0.25, 0.3) is 0 Å². The molecule has 0 spiro atoms. The Kier molecular flexibility index (Phi) is 7.80. The highest BCUT2D eigenvalue weighted by Gasteiger charge is 2.16. The van der Waals surface area contributed by atoms with Gasteiger partial charge < -0.3 is 4.90 Å². The Balaban J connectivity index is 0.911. The van der Waals surface area contributed by atoms with Gasteiger partial charge in [0.05, 0.1) is 5.69 Å². The van der Waals surface area contributed by atoms with E-state index in [1.807, 2.05) is 22.7 Å². The van der Waals surface area contributed by atoms with Crippen molar-refractivity contribution in [2.45, 2.75) is 0 Å². The van der Waals surface area contributed by atoms with E-state index in [1.165, 1.54) is 78.1 Å². The molecule has 0 fully saturated rings. The first-order valence-electron chi connectivity index (χ1n) is 19.4. The number of benzene rings is 8. The minimum Gasteiger partial charge on any atom is -0.311 e. The summed E-state index contributed by atoms with van der Waals surface area (Å²) in [5.41, 5.74) is 10.2. The monoisotopic (exact) mass is 792 g/mol. The maximum Gasteiger partial charge on any atom is 0.125 e. The molecule has 0 N–H and O–H groups in total. The Hall–Kier alpha value is -6.63. The number of pyridine rings is 1. The summed E-state index contributed by atoms with van der Waals surface area (Å²) >= 11 is 5.48. The summed E-state index contributed by atoms with van der Waals surface area (Å²) in [5.74, 6) is 0. The predicted molar refractivity (Wildman–Crippen MR) is 254 cm³/mol. The van der Waals surface area contributed by atoms with E-state index in [0.29, 0.717) is 0 Å². The maximum atomic E-state index is 5.12. The van der Waals surface area contributed by atoms with Crippen LogP contribution in [0.4, 0.5) is 17.1 Å². The SMILES string of the molecule is c1ccc2c(c1)sc1cc(-c3ccc(N(c4ccc(-c5ccc6c(c5)sc5ccccc56)cc4)c4ccc(-c5ccc6c(n5)sc5ccccc56)cc4)cc3)ccc12. The van der Waals surface area contributed by atoms with Crippen LogP contribution in [0, 0.1) is 0 Å². The van der Waals surface area contributed by atoms with Crippen molar-refractivity contribution in [1.82, 2.24) is 4.98 Å². The van der Waals surface area contributed by atoms with Crippen molar-refractivity contribution in [2.75, 3.05) is 4.90 Å². The van der Waals surface area contributed by atoms with E-state index in [1.54, 1.807) is 11.3 Å². The molecule has 0 aliphatic heterocycles. The normalized spacial score (nSPS) is 11.8. The van der Waals surface area contributed by atoms with Crippen molar-refractivity contribution >= 4 is 112 Å². The number of aromatic nitrogens is 1. The van der Waals surface area contributed by atoms with Crippen molar-refractivity contribution in [2.24, 2.45) is 0 Å². The van der Waals surface area contributed by atoms with Gasteiger partial charge in [-0.2, -0.15) is 0 Å². The van der Waals surface area contributed by atoms with Gasteiger partial charge in [-0.05, 0) is 101 Å². The number of rotatable bonds is 6. The lowest BCUT2D eigenvalue weighted by Gasteiger charge is -2.26. The molecular formula is C53H32N2S3. The highest BCUT2D eigenvalue weighted by molar-refractivity contribution is 7.26. The molecule has 0 radical (unpaired) electrons. The summed E-state index contributed by atoms with van der Waals surface area (Å²) in [5, 5.41) is 7.78.